The third kappa shape index (κ3) is 6.54. The molecule has 0 heterocycles. The number of carbonyl (C=O) groups excluding carboxylic acids is 2. The summed E-state index contributed by atoms with van der Waals surface area (Å²) in [6.45, 7) is 0. The third-order valence-corrected chi connectivity index (χ3v) is 4.35. The molecule has 0 bridgehead atoms. The lowest BCUT2D eigenvalue weighted by atomic mass is 9.98. The van der Waals surface area contributed by atoms with Gasteiger partial charge in [0.1, 0.15) is 11.6 Å². The third-order valence-electron chi connectivity index (χ3n) is 3.39. The van der Waals surface area contributed by atoms with E-state index in [1.54, 1.807) is 24.3 Å². The predicted octanol–water partition coefficient (Wildman–Crippen LogP) is 2.58. The Morgan fingerprint density at radius 3 is 2.36 bits per heavy atom. The second-order valence-corrected chi connectivity index (χ2v) is 6.45. The molecule has 0 aliphatic rings. The highest BCUT2D eigenvalue weighted by Gasteiger charge is 2.16. The molecule has 0 radical (unpaired) electrons. The molecule has 0 aliphatic carbocycles. The number of halogens is 2. The molecule has 0 saturated heterocycles. The van der Waals surface area contributed by atoms with Crippen LogP contribution < -0.4 is 11.1 Å². The summed E-state index contributed by atoms with van der Waals surface area (Å²) in [6.07, 6.45) is 0.313. The minimum absolute atomic E-state index is 0.0436. The molecule has 2 rings (SSSR count). The molecule has 7 heteroatoms. The van der Waals surface area contributed by atoms with Crippen LogP contribution >= 0.6 is 11.8 Å². The monoisotopic (exact) mass is 364 g/mol. The molecule has 1 atom stereocenters. The van der Waals surface area contributed by atoms with E-state index < -0.39 is 17.8 Å². The van der Waals surface area contributed by atoms with Crippen LogP contribution in [0.5, 0.6) is 0 Å². The number of primary amides is 1. The van der Waals surface area contributed by atoms with E-state index in [4.69, 9.17) is 5.73 Å². The molecule has 0 saturated carbocycles. The number of benzene rings is 2. The van der Waals surface area contributed by atoms with Gasteiger partial charge in [-0.25, -0.2) is 8.78 Å². The Balaban J connectivity index is 2.11. The summed E-state index contributed by atoms with van der Waals surface area (Å²) in [6, 6.07) is 11.4. The van der Waals surface area contributed by atoms with Gasteiger partial charge < -0.3 is 11.1 Å². The van der Waals surface area contributed by atoms with E-state index in [-0.39, 0.29) is 23.2 Å². The number of nitrogens with two attached hydrogens (primary N) is 1. The van der Waals surface area contributed by atoms with Gasteiger partial charge in [0.15, 0.2) is 0 Å². The van der Waals surface area contributed by atoms with Crippen LogP contribution in [-0.2, 0) is 16.0 Å². The number of thioether (sulfide) groups is 1. The van der Waals surface area contributed by atoms with Crippen LogP contribution in [-0.4, -0.2) is 23.3 Å². The molecular formula is C18H18F2N2O2S. The quantitative estimate of drug-likeness (QED) is 0.756. The van der Waals surface area contributed by atoms with E-state index in [1.165, 1.54) is 24.3 Å². The first-order valence-electron chi connectivity index (χ1n) is 7.59. The van der Waals surface area contributed by atoms with E-state index in [0.29, 0.717) is 17.5 Å². The normalized spacial score (nSPS) is 11.8. The maximum Gasteiger partial charge on any atom is 0.230 e. The van der Waals surface area contributed by atoms with E-state index >= 15 is 0 Å². The van der Waals surface area contributed by atoms with Crippen LogP contribution in [0.1, 0.15) is 17.2 Å². The number of hydrogen-bond donors (Lipinski definition) is 2. The maximum absolute atomic E-state index is 13.5. The average Bonchev–Trinajstić information content (AvgIpc) is 2.54. The first-order valence-corrected chi connectivity index (χ1v) is 8.75. The summed E-state index contributed by atoms with van der Waals surface area (Å²) < 4.78 is 26.9. The van der Waals surface area contributed by atoms with Crippen molar-refractivity contribution in [1.82, 2.24) is 5.32 Å². The Morgan fingerprint density at radius 1 is 1.04 bits per heavy atom. The number of amides is 2. The Kier molecular flexibility index (Phi) is 6.94. The van der Waals surface area contributed by atoms with Gasteiger partial charge in [-0.05, 0) is 41.8 Å². The van der Waals surface area contributed by atoms with Crippen LogP contribution in [0.4, 0.5) is 8.78 Å². The van der Waals surface area contributed by atoms with Crippen molar-refractivity contribution in [3.8, 4) is 0 Å². The van der Waals surface area contributed by atoms with Gasteiger partial charge in [0, 0.05) is 0 Å². The summed E-state index contributed by atoms with van der Waals surface area (Å²) in [5.41, 5.74) is 6.30. The highest BCUT2D eigenvalue weighted by Crippen LogP contribution is 2.20. The van der Waals surface area contributed by atoms with Gasteiger partial charge in [0.25, 0.3) is 0 Å². The second kappa shape index (κ2) is 9.17. The maximum atomic E-state index is 13.5. The number of nitrogens with one attached hydrogen (secondary N) is 1. The zero-order valence-electron chi connectivity index (χ0n) is 13.4. The molecule has 4 nitrogen and oxygen atoms in total. The van der Waals surface area contributed by atoms with Gasteiger partial charge in [-0.3, -0.25) is 9.59 Å². The van der Waals surface area contributed by atoms with Crippen molar-refractivity contribution in [3.63, 3.8) is 0 Å². The molecule has 0 spiro atoms. The van der Waals surface area contributed by atoms with Crippen molar-refractivity contribution in [2.45, 2.75) is 12.5 Å². The molecule has 0 aromatic heterocycles. The Bertz CT molecular complexity index is 755. The van der Waals surface area contributed by atoms with Crippen LogP contribution in [0.2, 0.25) is 0 Å². The summed E-state index contributed by atoms with van der Waals surface area (Å²) in [4.78, 5) is 22.8. The summed E-state index contributed by atoms with van der Waals surface area (Å²) in [5.74, 6) is -1.51. The lowest BCUT2D eigenvalue weighted by molar-refractivity contribution is -0.119. The van der Waals surface area contributed by atoms with Gasteiger partial charge in [-0.2, -0.15) is 0 Å². The van der Waals surface area contributed by atoms with Gasteiger partial charge in [0.2, 0.25) is 11.8 Å². The lowest BCUT2D eigenvalue weighted by Crippen LogP contribution is -2.32. The predicted molar refractivity (Wildman–Crippen MR) is 93.9 cm³/mol. The Morgan fingerprint density at radius 2 is 1.72 bits per heavy atom. The van der Waals surface area contributed by atoms with Gasteiger partial charge in [0.05, 0.1) is 17.5 Å². The SMILES string of the molecule is NC(=O)CSCC(=O)NC(Cc1cccc(F)c1)c1cccc(F)c1. The first-order chi connectivity index (χ1) is 11.9. The summed E-state index contributed by atoms with van der Waals surface area (Å²) in [5, 5.41) is 2.80. The minimum atomic E-state index is -0.515. The fourth-order valence-electron chi connectivity index (χ4n) is 2.36. The molecule has 132 valence electrons. The molecule has 2 aromatic carbocycles. The lowest BCUT2D eigenvalue weighted by Gasteiger charge is -2.19. The van der Waals surface area contributed by atoms with E-state index in [2.05, 4.69) is 5.32 Å². The molecule has 0 aliphatic heterocycles. The fourth-order valence-corrected chi connectivity index (χ4v) is 2.93. The zero-order chi connectivity index (χ0) is 18.2. The standard InChI is InChI=1S/C18H18F2N2O2S/c19-14-5-1-3-12(7-14)8-16(13-4-2-6-15(20)9-13)22-18(24)11-25-10-17(21)23/h1-7,9,16H,8,10-11H2,(H2,21,23)(H,22,24). The molecule has 25 heavy (non-hydrogen) atoms. The minimum Gasteiger partial charge on any atom is -0.369 e. The van der Waals surface area contributed by atoms with Crippen molar-refractivity contribution in [2.24, 2.45) is 5.73 Å². The van der Waals surface area contributed by atoms with Crippen LogP contribution in [0.25, 0.3) is 0 Å². The number of carbonyl (C=O) groups is 2. The number of rotatable bonds is 8. The Labute approximate surface area is 148 Å². The molecule has 2 aromatic rings. The van der Waals surface area contributed by atoms with Gasteiger partial charge in [-0.15, -0.1) is 11.8 Å². The summed E-state index contributed by atoms with van der Waals surface area (Å²) >= 11 is 1.10. The molecule has 0 fully saturated rings. The second-order valence-electron chi connectivity index (χ2n) is 5.47. The average molecular weight is 364 g/mol. The van der Waals surface area contributed by atoms with E-state index in [1.807, 2.05) is 0 Å². The largest absolute Gasteiger partial charge is 0.369 e. The smallest absolute Gasteiger partial charge is 0.230 e. The van der Waals surface area contributed by atoms with Crippen molar-refractivity contribution in [1.29, 1.82) is 0 Å². The molecule has 2 amide bonds. The number of hydrogen-bond acceptors (Lipinski definition) is 3. The fraction of sp³-hybridized carbons (Fsp3) is 0.222. The first kappa shape index (κ1) is 18.9. The van der Waals surface area contributed by atoms with E-state index in [9.17, 15) is 18.4 Å². The van der Waals surface area contributed by atoms with Crippen molar-refractivity contribution in [3.05, 3.63) is 71.3 Å². The summed E-state index contributed by atoms with van der Waals surface area (Å²) in [7, 11) is 0. The van der Waals surface area contributed by atoms with Gasteiger partial charge in [-0.1, -0.05) is 24.3 Å². The van der Waals surface area contributed by atoms with Crippen molar-refractivity contribution < 1.29 is 18.4 Å². The topological polar surface area (TPSA) is 72.2 Å². The zero-order valence-corrected chi connectivity index (χ0v) is 14.2. The van der Waals surface area contributed by atoms with Crippen molar-refractivity contribution >= 4 is 23.6 Å². The van der Waals surface area contributed by atoms with E-state index in [0.717, 1.165) is 11.8 Å². The highest BCUT2D eigenvalue weighted by molar-refractivity contribution is 8.00. The molecular weight excluding hydrogens is 346 g/mol. The van der Waals surface area contributed by atoms with Crippen LogP contribution in [0.15, 0.2) is 48.5 Å². The van der Waals surface area contributed by atoms with Crippen LogP contribution in [0, 0.1) is 11.6 Å². The molecule has 3 N–H and O–H groups in total. The van der Waals surface area contributed by atoms with Crippen molar-refractivity contribution in [2.75, 3.05) is 11.5 Å². The highest BCUT2D eigenvalue weighted by atomic mass is 32.2. The van der Waals surface area contributed by atoms with Gasteiger partial charge >= 0.3 is 0 Å². The molecule has 1 unspecified atom stereocenters. The Hall–Kier alpha value is -2.41. The van der Waals surface area contributed by atoms with Crippen LogP contribution in [0.3, 0.4) is 0 Å².